The normalized spacial score (nSPS) is 16.6. The van der Waals surface area contributed by atoms with Crippen LogP contribution in [0.15, 0.2) is 29.2 Å². The van der Waals surface area contributed by atoms with Gasteiger partial charge in [-0.05, 0) is 24.5 Å². The highest BCUT2D eigenvalue weighted by atomic mass is 32.2. The Morgan fingerprint density at radius 2 is 1.75 bits per heavy atom. The van der Waals surface area contributed by atoms with Gasteiger partial charge in [-0.25, -0.2) is 17.5 Å². The van der Waals surface area contributed by atoms with Gasteiger partial charge in [0, 0.05) is 26.7 Å². The van der Waals surface area contributed by atoms with E-state index in [-0.39, 0.29) is 23.5 Å². The van der Waals surface area contributed by atoms with Gasteiger partial charge in [-0.1, -0.05) is 43.9 Å². The highest BCUT2D eigenvalue weighted by molar-refractivity contribution is 7.89. The third-order valence-corrected chi connectivity index (χ3v) is 6.28. The minimum absolute atomic E-state index is 0.182. The molecule has 1 aromatic rings. The summed E-state index contributed by atoms with van der Waals surface area (Å²) < 4.78 is 25.9. The van der Waals surface area contributed by atoms with Crippen LogP contribution in [0.25, 0.3) is 0 Å². The third kappa shape index (κ3) is 4.95. The molecule has 1 saturated carbocycles. The van der Waals surface area contributed by atoms with Crippen LogP contribution in [-0.4, -0.2) is 38.9 Å². The molecule has 0 spiro atoms. The number of hydrogen-bond donors (Lipinski definition) is 2. The number of carbonyl (C=O) groups excluding carboxylic acids is 1. The van der Waals surface area contributed by atoms with Crippen molar-refractivity contribution in [2.24, 2.45) is 0 Å². The van der Waals surface area contributed by atoms with Crippen LogP contribution in [0.3, 0.4) is 0 Å². The van der Waals surface area contributed by atoms with E-state index in [2.05, 4.69) is 10.6 Å². The van der Waals surface area contributed by atoms with Gasteiger partial charge in [-0.2, -0.15) is 0 Å². The number of urea groups is 1. The molecule has 0 unspecified atom stereocenters. The highest BCUT2D eigenvalue weighted by Gasteiger charge is 2.21. The number of nitrogens with one attached hydrogen (secondary N) is 2. The first-order valence-corrected chi connectivity index (χ1v) is 9.90. The fraction of sp³-hybridized carbons (Fsp3) is 0.588. The topological polar surface area (TPSA) is 78.5 Å². The first-order valence-electron chi connectivity index (χ1n) is 8.46. The summed E-state index contributed by atoms with van der Waals surface area (Å²) >= 11 is 0. The van der Waals surface area contributed by atoms with E-state index >= 15 is 0 Å². The summed E-state index contributed by atoms with van der Waals surface area (Å²) in [5.41, 5.74) is 0.585. The van der Waals surface area contributed by atoms with E-state index in [1.54, 1.807) is 24.3 Å². The molecular weight excluding hydrogens is 326 g/mol. The molecule has 2 amide bonds. The van der Waals surface area contributed by atoms with Crippen molar-refractivity contribution in [3.05, 3.63) is 29.8 Å². The van der Waals surface area contributed by atoms with Crippen LogP contribution in [0.5, 0.6) is 0 Å². The van der Waals surface area contributed by atoms with E-state index in [9.17, 15) is 13.2 Å². The van der Waals surface area contributed by atoms with Crippen molar-refractivity contribution in [2.45, 2.75) is 56.0 Å². The molecule has 1 fully saturated rings. The van der Waals surface area contributed by atoms with E-state index in [0.29, 0.717) is 5.56 Å². The quantitative estimate of drug-likeness (QED) is 0.798. The Kier molecular flexibility index (Phi) is 6.62. The molecule has 1 aromatic carbocycles. The van der Waals surface area contributed by atoms with Crippen LogP contribution in [0.2, 0.25) is 0 Å². The van der Waals surface area contributed by atoms with Crippen LogP contribution in [0, 0.1) is 0 Å². The van der Waals surface area contributed by atoms with Gasteiger partial charge in [0.15, 0.2) is 0 Å². The number of sulfonamides is 1. The van der Waals surface area contributed by atoms with E-state index in [0.717, 1.165) is 25.7 Å². The fourth-order valence-corrected chi connectivity index (χ4v) is 4.05. The van der Waals surface area contributed by atoms with Crippen LogP contribution >= 0.6 is 0 Å². The Hall–Kier alpha value is -1.60. The Balaban J connectivity index is 1.98. The van der Waals surface area contributed by atoms with Gasteiger partial charge >= 0.3 is 6.03 Å². The van der Waals surface area contributed by atoms with Gasteiger partial charge in [-0.15, -0.1) is 0 Å². The number of carbonyl (C=O) groups is 1. The van der Waals surface area contributed by atoms with Crippen LogP contribution in [0.1, 0.15) is 44.1 Å². The molecule has 0 aromatic heterocycles. The van der Waals surface area contributed by atoms with Gasteiger partial charge in [0.25, 0.3) is 0 Å². The molecule has 0 bridgehead atoms. The predicted octanol–water partition coefficient (Wildman–Crippen LogP) is 2.46. The molecular formula is C17H27N3O3S. The third-order valence-electron chi connectivity index (χ3n) is 4.36. The van der Waals surface area contributed by atoms with Crippen molar-refractivity contribution >= 4 is 16.1 Å². The van der Waals surface area contributed by atoms with Gasteiger partial charge < -0.3 is 10.6 Å². The molecule has 0 saturated heterocycles. The lowest BCUT2D eigenvalue weighted by molar-refractivity contribution is 0.235. The molecule has 0 radical (unpaired) electrons. The first kappa shape index (κ1) is 18.7. The standard InChI is InChI=1S/C17H27N3O3S/c1-20(2)24(22,23)16-12-8-7-9-14(16)13-18-17(21)19-15-10-5-3-4-6-11-15/h7-9,12,15H,3-6,10-11,13H2,1-2H3,(H2,18,19,21). The second kappa shape index (κ2) is 8.48. The van der Waals surface area contributed by atoms with Crippen molar-refractivity contribution in [2.75, 3.05) is 14.1 Å². The second-order valence-corrected chi connectivity index (χ2v) is 8.53. The molecule has 134 valence electrons. The van der Waals surface area contributed by atoms with Crippen LogP contribution in [-0.2, 0) is 16.6 Å². The first-order chi connectivity index (χ1) is 11.4. The van der Waals surface area contributed by atoms with Gasteiger partial charge in [0.1, 0.15) is 0 Å². The Labute approximate surface area is 144 Å². The largest absolute Gasteiger partial charge is 0.335 e. The molecule has 2 N–H and O–H groups in total. The number of nitrogens with zero attached hydrogens (tertiary/aromatic N) is 1. The van der Waals surface area contributed by atoms with E-state index in [1.807, 2.05) is 0 Å². The lowest BCUT2D eigenvalue weighted by Gasteiger charge is -2.18. The van der Waals surface area contributed by atoms with E-state index in [4.69, 9.17) is 0 Å². The van der Waals surface area contributed by atoms with Gasteiger partial charge in [0.05, 0.1) is 4.90 Å². The van der Waals surface area contributed by atoms with Crippen molar-refractivity contribution in [1.29, 1.82) is 0 Å². The molecule has 0 atom stereocenters. The summed E-state index contributed by atoms with van der Waals surface area (Å²) in [4.78, 5) is 12.3. The monoisotopic (exact) mass is 353 g/mol. The predicted molar refractivity (Wildman–Crippen MR) is 94.2 cm³/mol. The Morgan fingerprint density at radius 1 is 1.12 bits per heavy atom. The van der Waals surface area contributed by atoms with E-state index in [1.165, 1.54) is 31.2 Å². The number of benzene rings is 1. The smallest absolute Gasteiger partial charge is 0.315 e. The number of hydrogen-bond acceptors (Lipinski definition) is 3. The maximum absolute atomic E-state index is 12.4. The highest BCUT2D eigenvalue weighted by Crippen LogP contribution is 2.19. The van der Waals surface area contributed by atoms with Gasteiger partial charge in [0.2, 0.25) is 10.0 Å². The Bertz CT molecular complexity index is 651. The second-order valence-electron chi connectivity index (χ2n) is 6.41. The van der Waals surface area contributed by atoms with Crippen LogP contribution < -0.4 is 10.6 Å². The molecule has 6 nitrogen and oxygen atoms in total. The fourth-order valence-electron chi connectivity index (χ4n) is 2.93. The minimum atomic E-state index is -3.53. The average Bonchev–Trinajstić information content (AvgIpc) is 2.81. The summed E-state index contributed by atoms with van der Waals surface area (Å²) in [5.74, 6) is 0. The SMILES string of the molecule is CN(C)S(=O)(=O)c1ccccc1CNC(=O)NC1CCCCCC1. The molecule has 1 aliphatic carbocycles. The Morgan fingerprint density at radius 3 is 2.38 bits per heavy atom. The van der Waals surface area contributed by atoms with Crippen molar-refractivity contribution in [3.8, 4) is 0 Å². The maximum atomic E-state index is 12.4. The maximum Gasteiger partial charge on any atom is 0.315 e. The molecule has 0 aliphatic heterocycles. The van der Waals surface area contributed by atoms with Gasteiger partial charge in [-0.3, -0.25) is 0 Å². The zero-order valence-electron chi connectivity index (χ0n) is 14.4. The van der Waals surface area contributed by atoms with E-state index < -0.39 is 10.0 Å². The summed E-state index contributed by atoms with van der Waals surface area (Å²) in [6, 6.07) is 6.73. The molecule has 7 heteroatoms. The minimum Gasteiger partial charge on any atom is -0.335 e. The summed E-state index contributed by atoms with van der Waals surface area (Å²) in [7, 11) is -0.529. The molecule has 24 heavy (non-hydrogen) atoms. The summed E-state index contributed by atoms with van der Waals surface area (Å²) in [6.45, 7) is 0.182. The number of amides is 2. The van der Waals surface area contributed by atoms with Crippen molar-refractivity contribution in [3.63, 3.8) is 0 Å². The zero-order chi connectivity index (χ0) is 17.6. The number of rotatable bonds is 5. The lowest BCUT2D eigenvalue weighted by Crippen LogP contribution is -2.41. The molecule has 2 rings (SSSR count). The molecule has 0 heterocycles. The lowest BCUT2D eigenvalue weighted by atomic mass is 10.1. The summed E-state index contributed by atoms with van der Waals surface area (Å²) in [5, 5.41) is 5.79. The zero-order valence-corrected chi connectivity index (χ0v) is 15.2. The molecule has 1 aliphatic rings. The van der Waals surface area contributed by atoms with Crippen molar-refractivity contribution < 1.29 is 13.2 Å². The van der Waals surface area contributed by atoms with Crippen LogP contribution in [0.4, 0.5) is 4.79 Å². The average molecular weight is 353 g/mol. The summed E-state index contributed by atoms with van der Waals surface area (Å²) in [6.07, 6.45) is 6.78. The van der Waals surface area contributed by atoms with Crippen molar-refractivity contribution in [1.82, 2.24) is 14.9 Å².